The molecule has 0 fully saturated rings. The van der Waals surface area contributed by atoms with Gasteiger partial charge in [0, 0.05) is 11.4 Å². The minimum atomic E-state index is -0.233. The van der Waals surface area contributed by atoms with Crippen LogP contribution in [-0.2, 0) is 5.41 Å². The lowest BCUT2D eigenvalue weighted by atomic mass is 9.70. The summed E-state index contributed by atoms with van der Waals surface area (Å²) >= 11 is 0. The molecule has 1 heterocycles. The van der Waals surface area contributed by atoms with Gasteiger partial charge in [0.25, 0.3) is 0 Å². The van der Waals surface area contributed by atoms with E-state index in [1.165, 1.54) is 16.8 Å². The van der Waals surface area contributed by atoms with Gasteiger partial charge in [0.05, 0.1) is 5.41 Å². The molecule has 2 aromatic carbocycles. The molecule has 1 atom stereocenters. The molecule has 0 aliphatic carbocycles. The lowest BCUT2D eigenvalue weighted by Gasteiger charge is -2.33. The Kier molecular flexibility index (Phi) is 3.76. The first-order valence-corrected chi connectivity index (χ1v) is 7.68. The summed E-state index contributed by atoms with van der Waals surface area (Å²) in [6.45, 7) is 4.28. The summed E-state index contributed by atoms with van der Waals surface area (Å²) in [5, 5.41) is 9.63. The zero-order chi connectivity index (χ0) is 15.6. The van der Waals surface area contributed by atoms with Gasteiger partial charge in [0.2, 0.25) is 0 Å². The number of nitrogens with one attached hydrogen (secondary N) is 1. The van der Waals surface area contributed by atoms with Gasteiger partial charge in [-0.25, -0.2) is 0 Å². The van der Waals surface area contributed by atoms with Gasteiger partial charge in [-0.05, 0) is 48.7 Å². The molecular weight excluding hydrogens is 270 g/mol. The van der Waals surface area contributed by atoms with E-state index in [-0.39, 0.29) is 5.41 Å². The molecule has 2 heteroatoms. The monoisotopic (exact) mass is 291 g/mol. The molecule has 2 N–H and O–H groups in total. The molecule has 3 rings (SSSR count). The lowest BCUT2D eigenvalue weighted by molar-refractivity contribution is 0.474. The largest absolute Gasteiger partial charge is 0.508 e. The van der Waals surface area contributed by atoms with Crippen molar-refractivity contribution in [2.75, 3.05) is 0 Å². The number of aromatic hydroxyl groups is 1. The molecule has 112 valence electrons. The highest BCUT2D eigenvalue weighted by Gasteiger charge is 2.35. The molecule has 0 amide bonds. The Morgan fingerprint density at radius 3 is 2.05 bits per heavy atom. The second-order valence-electron chi connectivity index (χ2n) is 5.73. The molecule has 0 bridgehead atoms. The minimum absolute atomic E-state index is 0.233. The van der Waals surface area contributed by atoms with Gasteiger partial charge in [-0.1, -0.05) is 49.4 Å². The number of aromatic amines is 1. The third-order valence-electron chi connectivity index (χ3n) is 4.45. The van der Waals surface area contributed by atoms with Crippen LogP contribution >= 0.6 is 0 Å². The zero-order valence-electron chi connectivity index (χ0n) is 13.0. The number of aromatic nitrogens is 1. The molecule has 1 aromatic heterocycles. The molecule has 0 unspecified atom stereocenters. The highest BCUT2D eigenvalue weighted by atomic mass is 16.3. The van der Waals surface area contributed by atoms with E-state index >= 15 is 0 Å². The fraction of sp³-hybridized carbons (Fsp3) is 0.200. The van der Waals surface area contributed by atoms with E-state index in [2.05, 4.69) is 55.2 Å². The van der Waals surface area contributed by atoms with Crippen molar-refractivity contribution in [3.05, 3.63) is 89.2 Å². The van der Waals surface area contributed by atoms with Gasteiger partial charge in [-0.3, -0.25) is 0 Å². The SMILES string of the molecule is CC[C@](c1ccccc1)(c1ccc(O)cc1)c1ccc(C)[nH]1. The highest BCUT2D eigenvalue weighted by Crippen LogP contribution is 2.41. The normalized spacial score (nSPS) is 13.7. The number of H-pyrrole nitrogens is 1. The van der Waals surface area contributed by atoms with Gasteiger partial charge < -0.3 is 10.1 Å². The molecule has 0 spiro atoms. The van der Waals surface area contributed by atoms with Crippen molar-refractivity contribution in [3.8, 4) is 5.75 Å². The maximum atomic E-state index is 9.63. The number of hydrogen-bond acceptors (Lipinski definition) is 1. The van der Waals surface area contributed by atoms with Crippen molar-refractivity contribution < 1.29 is 5.11 Å². The Morgan fingerprint density at radius 2 is 1.50 bits per heavy atom. The van der Waals surface area contributed by atoms with Crippen LogP contribution in [0.15, 0.2) is 66.7 Å². The number of hydrogen-bond donors (Lipinski definition) is 2. The van der Waals surface area contributed by atoms with Crippen molar-refractivity contribution in [1.82, 2.24) is 4.98 Å². The fourth-order valence-corrected chi connectivity index (χ4v) is 3.30. The molecular formula is C20H21NO. The highest BCUT2D eigenvalue weighted by molar-refractivity contribution is 5.49. The molecule has 0 saturated carbocycles. The third kappa shape index (κ3) is 2.31. The van der Waals surface area contributed by atoms with E-state index in [1.54, 1.807) is 12.1 Å². The van der Waals surface area contributed by atoms with Crippen LogP contribution in [0.2, 0.25) is 0 Å². The standard InChI is InChI=1S/C20H21NO/c1-3-20(16-7-5-4-6-8-16,19-14-9-15(2)21-19)17-10-12-18(22)13-11-17/h4-14,21-22H,3H2,1-2H3/t20-/m0/s1. The van der Waals surface area contributed by atoms with Gasteiger partial charge in [0.15, 0.2) is 0 Å². The van der Waals surface area contributed by atoms with E-state index in [1.807, 2.05) is 18.2 Å². The number of aryl methyl sites for hydroxylation is 1. The van der Waals surface area contributed by atoms with Crippen molar-refractivity contribution >= 4 is 0 Å². The Balaban J connectivity index is 2.27. The Morgan fingerprint density at radius 1 is 0.864 bits per heavy atom. The van der Waals surface area contributed by atoms with E-state index in [4.69, 9.17) is 0 Å². The summed E-state index contributed by atoms with van der Waals surface area (Å²) in [7, 11) is 0. The van der Waals surface area contributed by atoms with Crippen LogP contribution in [0.3, 0.4) is 0 Å². The summed E-state index contributed by atoms with van der Waals surface area (Å²) in [5.41, 5.74) is 4.54. The van der Waals surface area contributed by atoms with Crippen molar-refractivity contribution in [2.24, 2.45) is 0 Å². The maximum absolute atomic E-state index is 9.63. The average molecular weight is 291 g/mol. The van der Waals surface area contributed by atoms with Crippen LogP contribution in [0.5, 0.6) is 5.75 Å². The minimum Gasteiger partial charge on any atom is -0.508 e. The van der Waals surface area contributed by atoms with Crippen LogP contribution < -0.4 is 0 Å². The quantitative estimate of drug-likeness (QED) is 0.713. The lowest BCUT2D eigenvalue weighted by Crippen LogP contribution is -2.29. The number of phenols is 1. The molecule has 22 heavy (non-hydrogen) atoms. The number of rotatable bonds is 4. The van der Waals surface area contributed by atoms with Crippen molar-refractivity contribution in [2.45, 2.75) is 25.7 Å². The molecule has 3 aromatic rings. The predicted octanol–water partition coefficient (Wildman–Crippen LogP) is 4.77. The smallest absolute Gasteiger partial charge is 0.115 e. The summed E-state index contributed by atoms with van der Waals surface area (Å²) in [4.78, 5) is 3.52. The second-order valence-corrected chi connectivity index (χ2v) is 5.73. The Labute approximate surface area is 131 Å². The van der Waals surface area contributed by atoms with Crippen LogP contribution in [0.25, 0.3) is 0 Å². The zero-order valence-corrected chi connectivity index (χ0v) is 13.0. The predicted molar refractivity (Wildman–Crippen MR) is 90.3 cm³/mol. The molecule has 0 saturated heterocycles. The van der Waals surface area contributed by atoms with Crippen LogP contribution in [0.4, 0.5) is 0 Å². The van der Waals surface area contributed by atoms with Gasteiger partial charge >= 0.3 is 0 Å². The summed E-state index contributed by atoms with van der Waals surface area (Å²) < 4.78 is 0. The number of phenolic OH excluding ortho intramolecular Hbond substituents is 1. The molecule has 2 nitrogen and oxygen atoms in total. The van der Waals surface area contributed by atoms with Crippen LogP contribution in [0, 0.1) is 6.92 Å². The fourth-order valence-electron chi connectivity index (χ4n) is 3.30. The Hall–Kier alpha value is -2.48. The van der Waals surface area contributed by atoms with Gasteiger partial charge in [-0.2, -0.15) is 0 Å². The van der Waals surface area contributed by atoms with E-state index in [0.29, 0.717) is 5.75 Å². The maximum Gasteiger partial charge on any atom is 0.115 e. The topological polar surface area (TPSA) is 36.0 Å². The van der Waals surface area contributed by atoms with Crippen LogP contribution in [-0.4, -0.2) is 10.1 Å². The van der Waals surface area contributed by atoms with Crippen molar-refractivity contribution in [3.63, 3.8) is 0 Å². The molecule has 0 radical (unpaired) electrons. The van der Waals surface area contributed by atoms with E-state index < -0.39 is 0 Å². The molecule has 0 aliphatic heterocycles. The second kappa shape index (κ2) is 5.72. The summed E-state index contributed by atoms with van der Waals surface area (Å²) in [5.74, 6) is 0.296. The van der Waals surface area contributed by atoms with Gasteiger partial charge in [-0.15, -0.1) is 0 Å². The average Bonchev–Trinajstić information content (AvgIpc) is 2.98. The number of benzene rings is 2. The van der Waals surface area contributed by atoms with Crippen LogP contribution in [0.1, 0.15) is 35.9 Å². The third-order valence-corrected chi connectivity index (χ3v) is 4.45. The van der Waals surface area contributed by atoms with E-state index in [0.717, 1.165) is 12.1 Å². The van der Waals surface area contributed by atoms with E-state index in [9.17, 15) is 5.11 Å². The Bertz CT molecular complexity index is 743. The summed E-state index contributed by atoms with van der Waals surface area (Å²) in [6, 6.07) is 22.4. The first-order valence-electron chi connectivity index (χ1n) is 7.68. The first kappa shape index (κ1) is 14.5. The van der Waals surface area contributed by atoms with Crippen molar-refractivity contribution in [1.29, 1.82) is 0 Å². The van der Waals surface area contributed by atoms with Gasteiger partial charge in [0.1, 0.15) is 5.75 Å². The molecule has 0 aliphatic rings. The summed E-state index contributed by atoms with van der Waals surface area (Å²) in [6.07, 6.45) is 0.932. The first-order chi connectivity index (χ1) is 10.7.